The first-order valence-corrected chi connectivity index (χ1v) is 11.9. The molecule has 3 heterocycles. The zero-order valence-electron chi connectivity index (χ0n) is 19.3. The molecule has 35 heavy (non-hydrogen) atoms. The van der Waals surface area contributed by atoms with Gasteiger partial charge < -0.3 is 15.5 Å². The molecule has 1 spiro atoms. The minimum Gasteiger partial charge on any atom is -0.368 e. The van der Waals surface area contributed by atoms with E-state index in [2.05, 4.69) is 15.6 Å². The molecular formula is C25H27F5N4O. The van der Waals surface area contributed by atoms with Crippen molar-refractivity contribution in [1.82, 2.24) is 15.6 Å². The predicted octanol–water partition coefficient (Wildman–Crippen LogP) is 4.82. The number of halogens is 5. The van der Waals surface area contributed by atoms with Gasteiger partial charge in [-0.2, -0.15) is 13.2 Å². The van der Waals surface area contributed by atoms with Gasteiger partial charge in [0.25, 0.3) is 5.91 Å². The van der Waals surface area contributed by atoms with E-state index >= 15 is 0 Å². The van der Waals surface area contributed by atoms with Crippen molar-refractivity contribution >= 4 is 11.6 Å². The zero-order chi connectivity index (χ0) is 25.0. The van der Waals surface area contributed by atoms with E-state index in [9.17, 15) is 26.7 Å². The van der Waals surface area contributed by atoms with Gasteiger partial charge in [0.05, 0.1) is 16.7 Å². The number of anilines is 1. The van der Waals surface area contributed by atoms with Crippen molar-refractivity contribution < 1.29 is 26.7 Å². The molecule has 2 N–H and O–H groups in total. The van der Waals surface area contributed by atoms with E-state index in [1.807, 2.05) is 4.90 Å². The first-order valence-electron chi connectivity index (χ1n) is 11.9. The Morgan fingerprint density at radius 3 is 2.43 bits per heavy atom. The molecule has 1 aromatic carbocycles. The highest BCUT2D eigenvalue weighted by Gasteiger charge is 2.66. The van der Waals surface area contributed by atoms with Crippen molar-refractivity contribution in [2.75, 3.05) is 24.5 Å². The third-order valence-corrected chi connectivity index (χ3v) is 7.87. The number of alkyl halides is 3. The minimum atomic E-state index is -4.42. The van der Waals surface area contributed by atoms with E-state index in [1.54, 1.807) is 0 Å². The number of hydrogen-bond acceptors (Lipinski definition) is 4. The second kappa shape index (κ2) is 8.43. The van der Waals surface area contributed by atoms with Crippen molar-refractivity contribution in [1.29, 1.82) is 0 Å². The topological polar surface area (TPSA) is 57.3 Å². The van der Waals surface area contributed by atoms with Gasteiger partial charge in [-0.1, -0.05) is 0 Å². The molecule has 3 aliphatic rings. The fourth-order valence-electron chi connectivity index (χ4n) is 5.67. The molecule has 1 aromatic heterocycles. The maximum absolute atomic E-state index is 14.1. The molecule has 2 saturated heterocycles. The minimum absolute atomic E-state index is 0.0357. The van der Waals surface area contributed by atoms with Crippen LogP contribution >= 0.6 is 0 Å². The number of amides is 1. The molecule has 0 bridgehead atoms. The number of pyridine rings is 1. The lowest BCUT2D eigenvalue weighted by Crippen LogP contribution is -2.46. The SMILES string of the molecule is CC(NC(=O)c1cncc(-c2cc(F)cc(F)c2)c1N1CCC2(CCCN2)C1)C1(C(F)(F)F)CC1. The summed E-state index contributed by atoms with van der Waals surface area (Å²) in [5.74, 6) is -2.23. The highest BCUT2D eigenvalue weighted by Crippen LogP contribution is 2.59. The molecule has 188 valence electrons. The van der Waals surface area contributed by atoms with Gasteiger partial charge in [0.1, 0.15) is 11.6 Å². The first kappa shape index (κ1) is 24.0. The number of nitrogens with one attached hydrogen (secondary N) is 2. The Hall–Kier alpha value is -2.75. The third-order valence-electron chi connectivity index (χ3n) is 7.87. The van der Waals surface area contributed by atoms with Gasteiger partial charge in [0.2, 0.25) is 0 Å². The van der Waals surface area contributed by atoms with Crippen LogP contribution in [0.3, 0.4) is 0 Å². The Morgan fingerprint density at radius 2 is 1.83 bits per heavy atom. The summed E-state index contributed by atoms with van der Waals surface area (Å²) >= 11 is 0. The molecule has 2 unspecified atom stereocenters. The molecule has 1 amide bonds. The van der Waals surface area contributed by atoms with Gasteiger partial charge in [-0.15, -0.1) is 0 Å². The summed E-state index contributed by atoms with van der Waals surface area (Å²) in [6.45, 7) is 3.41. The van der Waals surface area contributed by atoms with Crippen LogP contribution in [-0.2, 0) is 0 Å². The van der Waals surface area contributed by atoms with Crippen molar-refractivity contribution in [3.05, 3.63) is 47.8 Å². The molecule has 5 nitrogen and oxygen atoms in total. The van der Waals surface area contributed by atoms with E-state index in [0.717, 1.165) is 44.0 Å². The van der Waals surface area contributed by atoms with Crippen molar-refractivity contribution in [3.63, 3.8) is 0 Å². The van der Waals surface area contributed by atoms with E-state index in [0.29, 0.717) is 24.3 Å². The molecule has 3 fully saturated rings. The fourth-order valence-corrected chi connectivity index (χ4v) is 5.67. The molecule has 1 aliphatic carbocycles. The maximum atomic E-state index is 14.1. The number of hydrogen-bond donors (Lipinski definition) is 2. The summed E-state index contributed by atoms with van der Waals surface area (Å²) in [6, 6.07) is 1.96. The quantitative estimate of drug-likeness (QED) is 0.586. The Labute approximate surface area is 200 Å². The van der Waals surface area contributed by atoms with Gasteiger partial charge in [0, 0.05) is 48.7 Å². The molecule has 5 rings (SSSR count). The van der Waals surface area contributed by atoms with Crippen LogP contribution in [0.4, 0.5) is 27.6 Å². The standard InChI is InChI=1S/C25H27F5N4O/c1-15(24(4-5-24)25(28,29)30)33-22(35)20-13-31-12-19(16-9-17(26)11-18(27)10-16)21(20)34-8-6-23(14-34)3-2-7-32-23/h9-13,15,32H,2-8,14H2,1H3,(H,33,35). The van der Waals surface area contributed by atoms with Crippen LogP contribution in [0.2, 0.25) is 0 Å². The molecule has 0 radical (unpaired) electrons. The lowest BCUT2D eigenvalue weighted by molar-refractivity contribution is -0.193. The Balaban J connectivity index is 1.54. The van der Waals surface area contributed by atoms with Crippen LogP contribution in [0, 0.1) is 17.0 Å². The van der Waals surface area contributed by atoms with Crippen LogP contribution in [0.1, 0.15) is 49.4 Å². The van der Waals surface area contributed by atoms with Crippen LogP contribution in [-0.4, -0.2) is 48.3 Å². The smallest absolute Gasteiger partial charge is 0.368 e. The monoisotopic (exact) mass is 494 g/mol. The number of carbonyl (C=O) groups excluding carboxylic acids is 1. The molecule has 2 atom stereocenters. The van der Waals surface area contributed by atoms with Crippen LogP contribution in [0.5, 0.6) is 0 Å². The number of benzene rings is 1. The van der Waals surface area contributed by atoms with Crippen LogP contribution in [0.25, 0.3) is 11.1 Å². The Morgan fingerprint density at radius 1 is 1.11 bits per heavy atom. The lowest BCUT2D eigenvalue weighted by Gasteiger charge is -2.30. The first-order chi connectivity index (χ1) is 16.5. The Kier molecular flexibility index (Phi) is 5.77. The third kappa shape index (κ3) is 4.26. The Bertz CT molecular complexity index is 1120. The predicted molar refractivity (Wildman–Crippen MR) is 121 cm³/mol. The normalized spacial score (nSPS) is 24.1. The highest BCUT2D eigenvalue weighted by atomic mass is 19.4. The average Bonchev–Trinajstić information content (AvgIpc) is 3.36. The summed E-state index contributed by atoms with van der Waals surface area (Å²) < 4.78 is 69.0. The van der Waals surface area contributed by atoms with Crippen molar-refractivity contribution in [2.24, 2.45) is 5.41 Å². The number of nitrogens with zero attached hydrogens (tertiary/aromatic N) is 2. The summed E-state index contributed by atoms with van der Waals surface area (Å²) in [7, 11) is 0. The van der Waals surface area contributed by atoms with Crippen molar-refractivity contribution in [3.8, 4) is 11.1 Å². The molecule has 2 aromatic rings. The van der Waals surface area contributed by atoms with E-state index in [4.69, 9.17) is 0 Å². The van der Waals surface area contributed by atoms with E-state index in [-0.39, 0.29) is 29.5 Å². The number of rotatable bonds is 5. The second-order valence-corrected chi connectivity index (χ2v) is 10.1. The maximum Gasteiger partial charge on any atom is 0.396 e. The lowest BCUT2D eigenvalue weighted by atomic mass is 9.96. The van der Waals surface area contributed by atoms with E-state index < -0.39 is 35.2 Å². The van der Waals surface area contributed by atoms with Gasteiger partial charge in [0.15, 0.2) is 0 Å². The molecule has 1 saturated carbocycles. The molecule has 2 aliphatic heterocycles. The zero-order valence-corrected chi connectivity index (χ0v) is 19.3. The molecule has 10 heteroatoms. The van der Waals surface area contributed by atoms with Gasteiger partial charge in [-0.05, 0) is 63.3 Å². The summed E-state index contributed by atoms with van der Waals surface area (Å²) in [4.78, 5) is 19.5. The molecular weight excluding hydrogens is 467 g/mol. The largest absolute Gasteiger partial charge is 0.396 e. The number of carbonyl (C=O) groups is 1. The van der Waals surface area contributed by atoms with Crippen LogP contribution < -0.4 is 15.5 Å². The van der Waals surface area contributed by atoms with Gasteiger partial charge >= 0.3 is 6.18 Å². The van der Waals surface area contributed by atoms with Crippen LogP contribution in [0.15, 0.2) is 30.6 Å². The number of aromatic nitrogens is 1. The average molecular weight is 495 g/mol. The van der Waals surface area contributed by atoms with Gasteiger partial charge in [-0.3, -0.25) is 9.78 Å². The fraction of sp³-hybridized carbons (Fsp3) is 0.520. The van der Waals surface area contributed by atoms with Crippen molar-refractivity contribution in [2.45, 2.75) is 56.8 Å². The van der Waals surface area contributed by atoms with E-state index in [1.165, 1.54) is 19.3 Å². The summed E-state index contributed by atoms with van der Waals surface area (Å²) in [5.41, 5.74) is -0.962. The summed E-state index contributed by atoms with van der Waals surface area (Å²) in [6.07, 6.45) is 1.07. The summed E-state index contributed by atoms with van der Waals surface area (Å²) in [5, 5.41) is 6.07. The highest BCUT2D eigenvalue weighted by molar-refractivity contribution is 6.03. The van der Waals surface area contributed by atoms with Gasteiger partial charge in [-0.25, -0.2) is 8.78 Å². The second-order valence-electron chi connectivity index (χ2n) is 10.1.